The standard InChI is InChI=1S/C37H70O4/c1-4-6-8-10-12-14-16-18-19-21-23-25-27-29-31-33-37(39)41-35(3)34-40-36(38)32-30-28-26-24-22-20-17-15-13-11-9-7-5-2/h18-19,35H,4-17,20-34H2,1-3H3. The van der Waals surface area contributed by atoms with Gasteiger partial charge in [-0.3, -0.25) is 9.59 Å². The van der Waals surface area contributed by atoms with Crippen LogP contribution in [0.3, 0.4) is 0 Å². The van der Waals surface area contributed by atoms with E-state index in [0.717, 1.165) is 25.7 Å². The van der Waals surface area contributed by atoms with Gasteiger partial charge in [-0.25, -0.2) is 0 Å². The summed E-state index contributed by atoms with van der Waals surface area (Å²) in [6.07, 6.45) is 38.2. The summed E-state index contributed by atoms with van der Waals surface area (Å²) >= 11 is 0. The van der Waals surface area contributed by atoms with Gasteiger partial charge < -0.3 is 9.47 Å². The highest BCUT2D eigenvalue weighted by molar-refractivity contribution is 5.70. The van der Waals surface area contributed by atoms with E-state index >= 15 is 0 Å². The van der Waals surface area contributed by atoms with Crippen LogP contribution in [0.25, 0.3) is 0 Å². The van der Waals surface area contributed by atoms with Crippen LogP contribution in [0.15, 0.2) is 12.2 Å². The number of esters is 2. The second-order valence-electron chi connectivity index (χ2n) is 12.3. The van der Waals surface area contributed by atoms with Gasteiger partial charge in [0.1, 0.15) is 12.7 Å². The Bertz CT molecular complexity index is 585. The molecule has 0 radical (unpaired) electrons. The Morgan fingerprint density at radius 1 is 0.488 bits per heavy atom. The fourth-order valence-corrected chi connectivity index (χ4v) is 5.23. The van der Waals surface area contributed by atoms with Crippen LogP contribution in [0.5, 0.6) is 0 Å². The zero-order chi connectivity index (χ0) is 30.1. The van der Waals surface area contributed by atoms with E-state index in [9.17, 15) is 9.59 Å². The highest BCUT2D eigenvalue weighted by Crippen LogP contribution is 2.14. The van der Waals surface area contributed by atoms with Crippen LogP contribution in [0.4, 0.5) is 0 Å². The molecule has 1 atom stereocenters. The number of hydrogen-bond donors (Lipinski definition) is 0. The van der Waals surface area contributed by atoms with E-state index < -0.39 is 0 Å². The summed E-state index contributed by atoms with van der Waals surface area (Å²) in [5.41, 5.74) is 0. The van der Waals surface area contributed by atoms with Crippen molar-refractivity contribution in [3.05, 3.63) is 12.2 Å². The third-order valence-corrected chi connectivity index (χ3v) is 7.94. The minimum atomic E-state index is -0.374. The highest BCUT2D eigenvalue weighted by atomic mass is 16.6. The Morgan fingerprint density at radius 2 is 0.829 bits per heavy atom. The molecule has 0 aromatic heterocycles. The molecule has 0 N–H and O–H groups in total. The van der Waals surface area contributed by atoms with Crippen molar-refractivity contribution >= 4 is 11.9 Å². The lowest BCUT2D eigenvalue weighted by Crippen LogP contribution is -2.22. The maximum absolute atomic E-state index is 12.1. The number of allylic oxidation sites excluding steroid dienone is 2. The fourth-order valence-electron chi connectivity index (χ4n) is 5.23. The zero-order valence-electron chi connectivity index (χ0n) is 27.9. The maximum Gasteiger partial charge on any atom is 0.306 e. The number of rotatable bonds is 32. The van der Waals surface area contributed by atoms with Gasteiger partial charge in [0, 0.05) is 12.8 Å². The van der Waals surface area contributed by atoms with Crippen LogP contribution < -0.4 is 0 Å². The molecule has 0 saturated heterocycles. The molecule has 242 valence electrons. The minimum absolute atomic E-state index is 0.162. The maximum atomic E-state index is 12.1. The van der Waals surface area contributed by atoms with Crippen molar-refractivity contribution in [2.45, 2.75) is 207 Å². The largest absolute Gasteiger partial charge is 0.462 e. The minimum Gasteiger partial charge on any atom is -0.462 e. The van der Waals surface area contributed by atoms with Crippen molar-refractivity contribution < 1.29 is 19.1 Å². The van der Waals surface area contributed by atoms with Crippen molar-refractivity contribution in [3.8, 4) is 0 Å². The lowest BCUT2D eigenvalue weighted by molar-refractivity contribution is -0.158. The van der Waals surface area contributed by atoms with Crippen LogP contribution in [-0.2, 0) is 19.1 Å². The molecular weight excluding hydrogens is 508 g/mol. The first-order valence-corrected chi connectivity index (χ1v) is 18.1. The number of ether oxygens (including phenoxy) is 2. The van der Waals surface area contributed by atoms with Gasteiger partial charge in [-0.1, -0.05) is 154 Å². The van der Waals surface area contributed by atoms with Crippen LogP contribution in [0.1, 0.15) is 201 Å². The molecule has 0 bridgehead atoms. The van der Waals surface area contributed by atoms with E-state index in [2.05, 4.69) is 26.0 Å². The molecular formula is C37H70O4. The zero-order valence-corrected chi connectivity index (χ0v) is 27.9. The third kappa shape index (κ3) is 33.1. The van der Waals surface area contributed by atoms with Crippen LogP contribution in [0, 0.1) is 0 Å². The van der Waals surface area contributed by atoms with Gasteiger partial charge >= 0.3 is 11.9 Å². The smallest absolute Gasteiger partial charge is 0.306 e. The molecule has 4 heteroatoms. The summed E-state index contributed by atoms with van der Waals surface area (Å²) in [5, 5.41) is 0. The molecule has 0 saturated carbocycles. The molecule has 4 nitrogen and oxygen atoms in total. The molecule has 0 rings (SSSR count). The van der Waals surface area contributed by atoms with Crippen LogP contribution >= 0.6 is 0 Å². The highest BCUT2D eigenvalue weighted by Gasteiger charge is 2.12. The predicted molar refractivity (Wildman–Crippen MR) is 176 cm³/mol. The molecule has 0 spiro atoms. The monoisotopic (exact) mass is 579 g/mol. The van der Waals surface area contributed by atoms with E-state index in [4.69, 9.17) is 9.47 Å². The second-order valence-corrected chi connectivity index (χ2v) is 12.3. The average molecular weight is 579 g/mol. The van der Waals surface area contributed by atoms with Crippen LogP contribution in [-0.4, -0.2) is 24.6 Å². The molecule has 41 heavy (non-hydrogen) atoms. The Kier molecular flexibility index (Phi) is 32.1. The summed E-state index contributed by atoms with van der Waals surface area (Å²) in [4.78, 5) is 24.1. The lowest BCUT2D eigenvalue weighted by atomic mass is 10.0. The molecule has 0 heterocycles. The van der Waals surface area contributed by atoms with Crippen molar-refractivity contribution in [1.82, 2.24) is 0 Å². The normalized spacial score (nSPS) is 12.2. The Labute approximate surface area is 256 Å². The summed E-state index contributed by atoms with van der Waals surface area (Å²) in [6, 6.07) is 0. The van der Waals surface area contributed by atoms with E-state index in [1.807, 2.05) is 0 Å². The number of hydrogen-bond acceptors (Lipinski definition) is 4. The van der Waals surface area contributed by atoms with Gasteiger partial charge in [0.05, 0.1) is 0 Å². The van der Waals surface area contributed by atoms with Gasteiger partial charge in [0.2, 0.25) is 0 Å². The number of unbranched alkanes of at least 4 members (excludes halogenated alkanes) is 23. The topological polar surface area (TPSA) is 52.6 Å². The van der Waals surface area contributed by atoms with Gasteiger partial charge in [-0.05, 0) is 45.4 Å². The molecule has 0 aromatic rings. The summed E-state index contributed by atoms with van der Waals surface area (Å²) < 4.78 is 10.7. The summed E-state index contributed by atoms with van der Waals surface area (Å²) in [5.74, 6) is -0.351. The second kappa shape index (κ2) is 33.2. The first-order valence-electron chi connectivity index (χ1n) is 18.1. The van der Waals surface area contributed by atoms with Crippen molar-refractivity contribution in [1.29, 1.82) is 0 Å². The Hall–Kier alpha value is -1.32. The molecule has 0 aliphatic rings. The van der Waals surface area contributed by atoms with Gasteiger partial charge in [-0.2, -0.15) is 0 Å². The summed E-state index contributed by atoms with van der Waals surface area (Å²) in [6.45, 7) is 6.50. The molecule has 1 unspecified atom stereocenters. The molecule has 0 aliphatic heterocycles. The first-order chi connectivity index (χ1) is 20.1. The Morgan fingerprint density at radius 3 is 1.24 bits per heavy atom. The van der Waals surface area contributed by atoms with Gasteiger partial charge in [-0.15, -0.1) is 0 Å². The van der Waals surface area contributed by atoms with E-state index in [0.29, 0.717) is 12.8 Å². The van der Waals surface area contributed by atoms with Crippen molar-refractivity contribution in [2.75, 3.05) is 6.61 Å². The van der Waals surface area contributed by atoms with Gasteiger partial charge in [0.25, 0.3) is 0 Å². The van der Waals surface area contributed by atoms with Crippen LogP contribution in [0.2, 0.25) is 0 Å². The SMILES string of the molecule is CCCCCCCCC=CCCCCCCCC(=O)OC(C)COC(=O)CCCCCCCCCCCCCCC. The quantitative estimate of drug-likeness (QED) is 0.0452. The van der Waals surface area contributed by atoms with Crippen molar-refractivity contribution in [3.63, 3.8) is 0 Å². The molecule has 0 fully saturated rings. The molecule has 0 aromatic carbocycles. The Balaban J connectivity index is 3.44. The van der Waals surface area contributed by atoms with Crippen molar-refractivity contribution in [2.24, 2.45) is 0 Å². The average Bonchev–Trinajstić information content (AvgIpc) is 2.96. The van der Waals surface area contributed by atoms with E-state index in [1.54, 1.807) is 6.92 Å². The molecule has 0 aliphatic carbocycles. The number of carbonyl (C=O) groups is 2. The summed E-state index contributed by atoms with van der Waals surface area (Å²) in [7, 11) is 0. The third-order valence-electron chi connectivity index (χ3n) is 7.94. The van der Waals surface area contributed by atoms with E-state index in [-0.39, 0.29) is 24.6 Å². The number of carbonyl (C=O) groups excluding carboxylic acids is 2. The van der Waals surface area contributed by atoms with Gasteiger partial charge in [0.15, 0.2) is 0 Å². The predicted octanol–water partition coefficient (Wildman–Crippen LogP) is 12.0. The molecule has 0 amide bonds. The van der Waals surface area contributed by atoms with E-state index in [1.165, 1.54) is 141 Å². The lowest BCUT2D eigenvalue weighted by Gasteiger charge is -2.13. The first kappa shape index (κ1) is 39.7. The fraction of sp³-hybridized carbons (Fsp3) is 0.892.